The van der Waals surface area contributed by atoms with Crippen molar-refractivity contribution in [3.63, 3.8) is 0 Å². The summed E-state index contributed by atoms with van der Waals surface area (Å²) in [5.74, 6) is 0.397. The second kappa shape index (κ2) is 4.54. The highest BCUT2D eigenvalue weighted by Crippen LogP contribution is 2.40. The summed E-state index contributed by atoms with van der Waals surface area (Å²) < 4.78 is 12.5. The van der Waals surface area contributed by atoms with Crippen LogP contribution in [0, 0.1) is 19.8 Å². The van der Waals surface area contributed by atoms with Gasteiger partial charge in [-0.2, -0.15) is 0 Å². The number of rotatable bonds is 1. The smallest absolute Gasteiger partial charge is 0.0567 e. The van der Waals surface area contributed by atoms with Crippen LogP contribution in [-0.4, -0.2) is 16.5 Å². The molecule has 0 radical (unpaired) electrons. The van der Waals surface area contributed by atoms with Gasteiger partial charge in [-0.05, 0) is 43.5 Å². The first-order chi connectivity index (χ1) is 7.99. The van der Waals surface area contributed by atoms with E-state index in [0.29, 0.717) is 12.0 Å². The number of benzene rings is 1. The molecule has 0 saturated heterocycles. The molecule has 1 heterocycles. The van der Waals surface area contributed by atoms with E-state index in [2.05, 4.69) is 45.1 Å². The second-order valence-corrected chi connectivity index (χ2v) is 6.82. The van der Waals surface area contributed by atoms with Crippen molar-refractivity contribution >= 4 is 10.8 Å². The lowest BCUT2D eigenvalue weighted by Crippen LogP contribution is -2.38. The molecule has 0 fully saturated rings. The van der Waals surface area contributed by atoms with Crippen LogP contribution >= 0.6 is 0 Å². The third-order valence-corrected chi connectivity index (χ3v) is 6.09. The highest BCUT2D eigenvalue weighted by atomic mass is 32.2. The SMILES string of the molecule is CNC1c2c(C)ccc(C)c2S(=O)C(C)C1C. The molecule has 2 nitrogen and oxygen atoms in total. The van der Waals surface area contributed by atoms with Crippen molar-refractivity contribution < 1.29 is 4.21 Å². The topological polar surface area (TPSA) is 29.1 Å². The normalized spacial score (nSPS) is 32.3. The maximum absolute atomic E-state index is 12.5. The van der Waals surface area contributed by atoms with Crippen LogP contribution in [0.2, 0.25) is 0 Å². The highest BCUT2D eigenvalue weighted by Gasteiger charge is 2.37. The van der Waals surface area contributed by atoms with Crippen LogP contribution in [0.1, 0.15) is 36.6 Å². The molecule has 0 bridgehead atoms. The molecule has 1 N–H and O–H groups in total. The zero-order valence-corrected chi connectivity index (χ0v) is 12.0. The maximum atomic E-state index is 12.5. The fourth-order valence-electron chi connectivity index (χ4n) is 2.78. The molecule has 4 unspecified atom stereocenters. The Hall–Kier alpha value is -0.670. The third-order valence-electron chi connectivity index (χ3n) is 4.04. The van der Waals surface area contributed by atoms with Gasteiger partial charge in [0.25, 0.3) is 0 Å². The minimum Gasteiger partial charge on any atom is -0.313 e. The zero-order chi connectivity index (χ0) is 12.7. The van der Waals surface area contributed by atoms with Crippen LogP contribution in [0.25, 0.3) is 0 Å². The summed E-state index contributed by atoms with van der Waals surface area (Å²) in [7, 11) is 1.12. The van der Waals surface area contributed by atoms with Crippen LogP contribution in [0.3, 0.4) is 0 Å². The van der Waals surface area contributed by atoms with Crippen LogP contribution in [0.4, 0.5) is 0 Å². The van der Waals surface area contributed by atoms with E-state index >= 15 is 0 Å². The Labute approximate surface area is 106 Å². The van der Waals surface area contributed by atoms with Gasteiger partial charge in [-0.3, -0.25) is 4.21 Å². The van der Waals surface area contributed by atoms with Gasteiger partial charge < -0.3 is 5.32 Å². The Morgan fingerprint density at radius 1 is 1.18 bits per heavy atom. The van der Waals surface area contributed by atoms with Gasteiger partial charge in [0.05, 0.1) is 10.8 Å². The molecule has 3 heteroatoms. The van der Waals surface area contributed by atoms with E-state index in [1.165, 1.54) is 11.1 Å². The Balaban J connectivity index is 2.71. The van der Waals surface area contributed by atoms with Crippen LogP contribution < -0.4 is 5.32 Å². The summed E-state index contributed by atoms with van der Waals surface area (Å²) in [4.78, 5) is 1.06. The molecule has 0 spiro atoms. The fourth-order valence-corrected chi connectivity index (χ4v) is 4.59. The van der Waals surface area contributed by atoms with Gasteiger partial charge in [0.15, 0.2) is 0 Å². The average molecular weight is 251 g/mol. The van der Waals surface area contributed by atoms with E-state index in [0.717, 1.165) is 10.5 Å². The molecular formula is C14H21NOS. The van der Waals surface area contributed by atoms with E-state index in [9.17, 15) is 4.21 Å². The lowest BCUT2D eigenvalue weighted by Gasteiger charge is -2.37. The van der Waals surface area contributed by atoms with Crippen molar-refractivity contribution in [2.75, 3.05) is 7.05 Å². The third kappa shape index (κ3) is 1.85. The Kier molecular flexibility index (Phi) is 3.41. The molecule has 0 aromatic heterocycles. The van der Waals surface area contributed by atoms with Gasteiger partial charge in [0.2, 0.25) is 0 Å². The number of hydrogen-bond acceptors (Lipinski definition) is 2. The minimum atomic E-state index is -0.874. The number of fused-ring (bicyclic) bond motifs is 1. The van der Waals surface area contributed by atoms with Gasteiger partial charge in [-0.15, -0.1) is 0 Å². The molecule has 0 amide bonds. The van der Waals surface area contributed by atoms with Crippen molar-refractivity contribution in [2.45, 2.75) is 43.9 Å². The predicted molar refractivity (Wildman–Crippen MR) is 72.8 cm³/mol. The van der Waals surface area contributed by atoms with Crippen molar-refractivity contribution in [3.8, 4) is 0 Å². The van der Waals surface area contributed by atoms with E-state index in [-0.39, 0.29) is 5.25 Å². The summed E-state index contributed by atoms with van der Waals surface area (Å²) >= 11 is 0. The lowest BCUT2D eigenvalue weighted by molar-refractivity contribution is 0.387. The summed E-state index contributed by atoms with van der Waals surface area (Å²) in [5, 5.41) is 3.60. The first-order valence-corrected chi connectivity index (χ1v) is 7.38. The van der Waals surface area contributed by atoms with Crippen molar-refractivity contribution in [1.29, 1.82) is 0 Å². The summed E-state index contributed by atoms with van der Waals surface area (Å²) in [5.41, 5.74) is 3.66. The molecule has 2 rings (SSSR count). The van der Waals surface area contributed by atoms with Crippen molar-refractivity contribution in [3.05, 3.63) is 28.8 Å². The van der Waals surface area contributed by atoms with Gasteiger partial charge in [0.1, 0.15) is 0 Å². The summed E-state index contributed by atoms with van der Waals surface area (Å²) in [6.07, 6.45) is 0. The molecule has 1 aromatic carbocycles. The first-order valence-electron chi connectivity index (χ1n) is 6.17. The molecule has 1 aliphatic rings. The second-order valence-electron chi connectivity index (χ2n) is 5.07. The lowest BCUT2D eigenvalue weighted by atomic mass is 9.88. The molecule has 17 heavy (non-hydrogen) atoms. The Morgan fingerprint density at radius 2 is 1.76 bits per heavy atom. The summed E-state index contributed by atoms with van der Waals surface area (Å²) in [6, 6.07) is 4.54. The predicted octanol–water partition coefficient (Wildman–Crippen LogP) is 2.71. The standard InChI is InChI=1S/C14H21NOS/c1-8-6-7-9(2)14-12(8)13(15-5)10(3)11(4)17(14)16/h6-7,10-11,13,15H,1-5H3. The maximum Gasteiger partial charge on any atom is 0.0567 e. The number of nitrogens with one attached hydrogen (secondary N) is 1. The molecular weight excluding hydrogens is 230 g/mol. The molecule has 0 aliphatic carbocycles. The van der Waals surface area contributed by atoms with E-state index in [1.807, 2.05) is 7.05 Å². The van der Waals surface area contributed by atoms with Gasteiger partial charge in [-0.25, -0.2) is 0 Å². The Bertz CT molecular complexity index is 470. The minimum absolute atomic E-state index is 0.209. The van der Waals surface area contributed by atoms with Crippen LogP contribution in [0.15, 0.2) is 17.0 Å². The monoisotopic (exact) mass is 251 g/mol. The molecule has 0 saturated carbocycles. The quantitative estimate of drug-likeness (QED) is 0.831. The zero-order valence-electron chi connectivity index (χ0n) is 11.2. The molecule has 1 aliphatic heterocycles. The number of aryl methyl sites for hydroxylation is 2. The van der Waals surface area contributed by atoms with Crippen molar-refractivity contribution in [1.82, 2.24) is 5.32 Å². The van der Waals surface area contributed by atoms with E-state index < -0.39 is 10.8 Å². The Morgan fingerprint density at radius 3 is 2.35 bits per heavy atom. The van der Waals surface area contributed by atoms with Crippen molar-refractivity contribution in [2.24, 2.45) is 5.92 Å². The van der Waals surface area contributed by atoms with E-state index in [1.54, 1.807) is 0 Å². The van der Waals surface area contributed by atoms with E-state index in [4.69, 9.17) is 0 Å². The van der Waals surface area contributed by atoms with Gasteiger partial charge in [-0.1, -0.05) is 26.0 Å². The van der Waals surface area contributed by atoms with Gasteiger partial charge in [0, 0.05) is 16.2 Å². The fraction of sp³-hybridized carbons (Fsp3) is 0.571. The molecule has 4 atom stereocenters. The van der Waals surface area contributed by atoms with Crippen LogP contribution in [0.5, 0.6) is 0 Å². The highest BCUT2D eigenvalue weighted by molar-refractivity contribution is 7.85. The summed E-state index contributed by atoms with van der Waals surface area (Å²) in [6.45, 7) is 8.46. The number of hydrogen-bond donors (Lipinski definition) is 1. The molecule has 1 aromatic rings. The van der Waals surface area contributed by atoms with Gasteiger partial charge >= 0.3 is 0 Å². The first kappa shape index (κ1) is 12.8. The molecule has 94 valence electrons. The average Bonchev–Trinajstić information content (AvgIpc) is 2.31. The largest absolute Gasteiger partial charge is 0.313 e. The van der Waals surface area contributed by atoms with Crippen LogP contribution in [-0.2, 0) is 10.8 Å².